The van der Waals surface area contributed by atoms with Crippen molar-refractivity contribution >= 4 is 5.91 Å². The summed E-state index contributed by atoms with van der Waals surface area (Å²) in [5.41, 5.74) is 0.112. The van der Waals surface area contributed by atoms with Crippen molar-refractivity contribution in [2.75, 3.05) is 26.2 Å². The molecule has 30 heavy (non-hydrogen) atoms. The van der Waals surface area contributed by atoms with Crippen molar-refractivity contribution in [1.82, 2.24) is 15.1 Å². The van der Waals surface area contributed by atoms with Crippen LogP contribution in [0, 0.1) is 0 Å². The highest BCUT2D eigenvalue weighted by atomic mass is 19.4. The van der Waals surface area contributed by atoms with Gasteiger partial charge in [0.1, 0.15) is 11.9 Å². The number of hydrogen-bond acceptors (Lipinski definition) is 5. The van der Waals surface area contributed by atoms with Gasteiger partial charge >= 0.3 is 6.18 Å². The van der Waals surface area contributed by atoms with Gasteiger partial charge in [0.05, 0.1) is 12.2 Å². The van der Waals surface area contributed by atoms with Gasteiger partial charge in [0, 0.05) is 19.1 Å². The van der Waals surface area contributed by atoms with E-state index in [1.54, 1.807) is 34.1 Å². The van der Waals surface area contributed by atoms with Crippen LogP contribution in [-0.4, -0.2) is 65.4 Å². The van der Waals surface area contributed by atoms with Crippen molar-refractivity contribution in [3.05, 3.63) is 53.8 Å². The summed E-state index contributed by atoms with van der Waals surface area (Å²) in [4.78, 5) is 15.9. The van der Waals surface area contributed by atoms with Gasteiger partial charge in [-0.3, -0.25) is 9.69 Å². The molecule has 0 spiro atoms. The number of alkyl halides is 3. The molecule has 0 radical (unpaired) electrons. The molecule has 164 valence electrons. The maximum Gasteiger partial charge on any atom is 0.415 e. The van der Waals surface area contributed by atoms with Crippen LogP contribution >= 0.6 is 0 Å². The average molecular weight is 425 g/mol. The summed E-state index contributed by atoms with van der Waals surface area (Å²) in [7, 11) is 0. The van der Waals surface area contributed by atoms with Crippen LogP contribution < -0.4 is 10.1 Å². The third-order valence-corrected chi connectivity index (χ3v) is 5.40. The first kappa shape index (κ1) is 22.2. The van der Waals surface area contributed by atoms with Crippen LogP contribution in [0.2, 0.25) is 0 Å². The maximum atomic E-state index is 13.4. The van der Waals surface area contributed by atoms with Gasteiger partial charge in [-0.25, -0.2) is 0 Å². The molecule has 2 aliphatic rings. The lowest BCUT2D eigenvalue weighted by Crippen LogP contribution is -2.54. The summed E-state index contributed by atoms with van der Waals surface area (Å²) >= 11 is 0. The van der Waals surface area contributed by atoms with Crippen molar-refractivity contribution < 1.29 is 27.8 Å². The molecule has 2 N–H and O–H groups in total. The van der Waals surface area contributed by atoms with E-state index >= 15 is 0 Å². The summed E-state index contributed by atoms with van der Waals surface area (Å²) in [6.07, 6.45) is -0.849. The van der Waals surface area contributed by atoms with Gasteiger partial charge in [-0.1, -0.05) is 19.1 Å². The van der Waals surface area contributed by atoms with Crippen LogP contribution in [0.3, 0.4) is 0 Å². The Morgan fingerprint density at radius 2 is 2.07 bits per heavy atom. The quantitative estimate of drug-likeness (QED) is 0.703. The number of ether oxygens (including phenoxy) is 1. The van der Waals surface area contributed by atoms with Gasteiger partial charge in [-0.05, 0) is 49.0 Å². The summed E-state index contributed by atoms with van der Waals surface area (Å²) in [5, 5.41) is 11.9. The highest BCUT2D eigenvalue weighted by Gasteiger charge is 2.43. The summed E-state index contributed by atoms with van der Waals surface area (Å²) in [6.45, 7) is 2.85. The minimum absolute atomic E-state index is 0.0702. The molecule has 2 heterocycles. The van der Waals surface area contributed by atoms with E-state index in [-0.39, 0.29) is 25.2 Å². The highest BCUT2D eigenvalue weighted by Crippen LogP contribution is 2.32. The predicted octanol–water partition coefficient (Wildman–Crippen LogP) is 2.41. The fraction of sp³-hybridized carbons (Fsp3) is 0.476. The molecule has 0 saturated carbocycles. The van der Waals surface area contributed by atoms with Crippen molar-refractivity contribution in [2.24, 2.45) is 0 Å². The number of rotatable bonds is 7. The third kappa shape index (κ3) is 5.14. The molecule has 9 heteroatoms. The van der Waals surface area contributed by atoms with E-state index in [4.69, 9.17) is 9.84 Å². The van der Waals surface area contributed by atoms with E-state index in [9.17, 15) is 18.0 Å². The molecule has 6 nitrogen and oxygen atoms in total. The average Bonchev–Trinajstić information content (AvgIpc) is 3.22. The molecule has 2 unspecified atom stereocenters. The van der Waals surface area contributed by atoms with Crippen LogP contribution in [0.25, 0.3) is 0 Å². The highest BCUT2D eigenvalue weighted by molar-refractivity contribution is 5.78. The summed E-state index contributed by atoms with van der Waals surface area (Å²) < 4.78 is 45.8. The Morgan fingerprint density at radius 3 is 2.70 bits per heavy atom. The Balaban J connectivity index is 1.58. The Bertz CT molecular complexity index is 793. The van der Waals surface area contributed by atoms with E-state index in [0.717, 1.165) is 11.6 Å². The lowest BCUT2D eigenvalue weighted by Gasteiger charge is -2.38. The minimum Gasteiger partial charge on any atom is -0.484 e. The molecule has 2 aliphatic heterocycles. The Hall–Kier alpha value is -2.52. The fourth-order valence-corrected chi connectivity index (χ4v) is 3.82. The Labute approximate surface area is 173 Å². The molecule has 0 aliphatic carbocycles. The molecular weight excluding hydrogens is 399 g/mol. The molecular formula is C21H26F3N3O3. The molecule has 1 fully saturated rings. The molecule has 0 bridgehead atoms. The van der Waals surface area contributed by atoms with Crippen molar-refractivity contribution in [2.45, 2.75) is 38.3 Å². The zero-order chi connectivity index (χ0) is 21.7. The van der Waals surface area contributed by atoms with E-state index in [2.05, 4.69) is 5.32 Å². The second kappa shape index (κ2) is 9.53. The number of halogens is 3. The van der Waals surface area contributed by atoms with E-state index in [0.29, 0.717) is 31.8 Å². The van der Waals surface area contributed by atoms with Crippen molar-refractivity contribution in [3.8, 4) is 5.75 Å². The second-order valence-electron chi connectivity index (χ2n) is 7.25. The molecule has 2 atom stereocenters. The van der Waals surface area contributed by atoms with Crippen LogP contribution in [0.15, 0.2) is 48.2 Å². The predicted molar refractivity (Wildman–Crippen MR) is 105 cm³/mol. The third-order valence-electron chi connectivity index (χ3n) is 5.40. The first-order valence-electron chi connectivity index (χ1n) is 9.89. The normalized spacial score (nSPS) is 21.5. The number of likely N-dealkylation sites (N-methyl/N-ethyl adjacent to an activating group) is 1. The van der Waals surface area contributed by atoms with Crippen LogP contribution in [0.4, 0.5) is 13.2 Å². The van der Waals surface area contributed by atoms with Gasteiger partial charge in [0.2, 0.25) is 0 Å². The first-order chi connectivity index (χ1) is 14.3. The van der Waals surface area contributed by atoms with Crippen LogP contribution in [-0.2, 0) is 11.4 Å². The molecule has 0 aromatic heterocycles. The number of hydrogen-bond donors (Lipinski definition) is 2. The smallest absolute Gasteiger partial charge is 0.415 e. The molecule has 1 saturated heterocycles. The fourth-order valence-electron chi connectivity index (χ4n) is 3.82. The minimum atomic E-state index is -4.43. The number of carbonyl (C=O) groups is 1. The Kier molecular flexibility index (Phi) is 7.04. The number of nitrogens with one attached hydrogen (secondary N) is 1. The summed E-state index contributed by atoms with van der Waals surface area (Å²) in [5.74, 6) is 0.313. The van der Waals surface area contributed by atoms with Gasteiger partial charge in [0.15, 0.2) is 6.61 Å². The number of nitrogens with zero attached hydrogens (tertiary/aromatic N) is 2. The number of dihydropyridines is 1. The summed E-state index contributed by atoms with van der Waals surface area (Å²) in [6, 6.07) is 6.59. The topological polar surface area (TPSA) is 65.0 Å². The van der Waals surface area contributed by atoms with Gasteiger partial charge in [-0.2, -0.15) is 13.2 Å². The molecule has 1 amide bonds. The number of aliphatic hydroxyl groups is 1. The number of carbonyl (C=O) groups excluding carboxylic acids is 1. The first-order valence-corrected chi connectivity index (χ1v) is 9.89. The van der Waals surface area contributed by atoms with Crippen molar-refractivity contribution in [3.63, 3.8) is 0 Å². The largest absolute Gasteiger partial charge is 0.484 e. The lowest BCUT2D eigenvalue weighted by atomic mass is 10.1. The van der Waals surface area contributed by atoms with E-state index in [1.165, 1.54) is 12.3 Å². The number of aliphatic hydroxyl groups excluding tert-OH is 1. The number of amides is 1. The van der Waals surface area contributed by atoms with Gasteiger partial charge in [-0.15, -0.1) is 0 Å². The lowest BCUT2D eigenvalue weighted by molar-refractivity contribution is -0.132. The maximum absolute atomic E-state index is 13.4. The van der Waals surface area contributed by atoms with Crippen LogP contribution in [0.5, 0.6) is 5.75 Å². The second-order valence-corrected chi connectivity index (χ2v) is 7.25. The number of likely N-dealkylation sites (tertiary alicyclic amines) is 1. The molecule has 1 aromatic rings. The van der Waals surface area contributed by atoms with Gasteiger partial charge in [0.25, 0.3) is 5.91 Å². The zero-order valence-corrected chi connectivity index (χ0v) is 16.7. The van der Waals surface area contributed by atoms with E-state index in [1.807, 2.05) is 6.92 Å². The number of allylic oxidation sites excluding steroid dienone is 2. The van der Waals surface area contributed by atoms with Crippen LogP contribution in [0.1, 0.15) is 18.9 Å². The monoisotopic (exact) mass is 425 g/mol. The molecule has 3 rings (SSSR count). The van der Waals surface area contributed by atoms with Gasteiger partial charge < -0.3 is 20.1 Å². The zero-order valence-electron chi connectivity index (χ0n) is 16.7. The van der Waals surface area contributed by atoms with E-state index < -0.39 is 17.9 Å². The van der Waals surface area contributed by atoms with Crippen molar-refractivity contribution in [1.29, 1.82) is 0 Å². The number of benzene rings is 1. The Morgan fingerprint density at radius 1 is 1.33 bits per heavy atom. The standard InChI is InChI=1S/C21H26F3N3O3/c1-2-27(20-18(21(22,23)24)4-3-10-25-20)16-9-11-26(12-16)19(29)14-30-17-7-5-15(13-28)6-8-17/h3-8,10,16,20,25,28H,2,9,11-14H2,1H3. The molecule has 1 aromatic carbocycles. The SMILES string of the molecule is CCN(C1CCN(C(=O)COc2ccc(CO)cc2)C1)C1NC=CC=C1C(F)(F)F.